The minimum Gasteiger partial charge on any atom is -0.325 e. The number of urea groups is 1. The predicted molar refractivity (Wildman–Crippen MR) is 106 cm³/mol. The van der Waals surface area contributed by atoms with Crippen molar-refractivity contribution in [1.29, 1.82) is 0 Å². The summed E-state index contributed by atoms with van der Waals surface area (Å²) in [6.07, 6.45) is 0.408. The van der Waals surface area contributed by atoms with Crippen LogP contribution in [0.4, 0.5) is 21.9 Å². The number of halogens is 2. The van der Waals surface area contributed by atoms with Crippen molar-refractivity contribution in [2.75, 3.05) is 16.0 Å². The highest BCUT2D eigenvalue weighted by Gasteiger charge is 2.67. The van der Waals surface area contributed by atoms with Gasteiger partial charge in [-0.15, -0.1) is 23.2 Å². The maximum absolute atomic E-state index is 12.5. The highest BCUT2D eigenvalue weighted by Crippen LogP contribution is 2.64. The van der Waals surface area contributed by atoms with Crippen LogP contribution in [0.25, 0.3) is 0 Å². The van der Waals surface area contributed by atoms with Gasteiger partial charge in [0.2, 0.25) is 5.91 Å². The van der Waals surface area contributed by atoms with Gasteiger partial charge in [0, 0.05) is 17.1 Å². The van der Waals surface area contributed by atoms with Crippen LogP contribution in [0.15, 0.2) is 48.5 Å². The molecule has 2 aromatic carbocycles. The lowest BCUT2D eigenvalue weighted by atomic mass is 10.1. The van der Waals surface area contributed by atoms with Crippen LogP contribution in [0.3, 0.4) is 0 Å². The number of alkyl halides is 2. The first-order valence-corrected chi connectivity index (χ1v) is 8.90. The predicted octanol–water partition coefficient (Wildman–Crippen LogP) is 5.16. The molecule has 5 nitrogen and oxygen atoms in total. The van der Waals surface area contributed by atoms with E-state index in [1.54, 1.807) is 31.2 Å². The fraction of sp³-hybridized carbons (Fsp3) is 0.263. The largest absolute Gasteiger partial charge is 0.325 e. The smallest absolute Gasteiger partial charge is 0.323 e. The lowest BCUT2D eigenvalue weighted by Gasteiger charge is -2.16. The molecule has 1 aliphatic carbocycles. The Kier molecular flexibility index (Phi) is 4.86. The van der Waals surface area contributed by atoms with Crippen LogP contribution in [-0.2, 0) is 4.79 Å². The number of carbonyl (C=O) groups is 2. The molecule has 0 radical (unpaired) electrons. The summed E-state index contributed by atoms with van der Waals surface area (Å²) in [7, 11) is 0. The summed E-state index contributed by atoms with van der Waals surface area (Å²) in [6.45, 7) is 3.60. The summed E-state index contributed by atoms with van der Waals surface area (Å²) in [5.41, 5.74) is 1.91. The Hall–Kier alpha value is -2.24. The van der Waals surface area contributed by atoms with Crippen LogP contribution >= 0.6 is 23.2 Å². The second-order valence-corrected chi connectivity index (χ2v) is 8.13. The molecule has 1 fully saturated rings. The number of benzene rings is 2. The normalized spacial score (nSPS) is 20.2. The van der Waals surface area contributed by atoms with Crippen LogP contribution in [0, 0.1) is 12.3 Å². The zero-order valence-corrected chi connectivity index (χ0v) is 15.9. The summed E-state index contributed by atoms with van der Waals surface area (Å²) < 4.78 is -1.03. The Balaban J connectivity index is 1.68. The molecule has 1 aliphatic rings. The third-order valence-electron chi connectivity index (χ3n) is 4.53. The molecule has 3 rings (SSSR count). The Morgan fingerprint density at radius 2 is 1.58 bits per heavy atom. The number of anilines is 3. The summed E-state index contributed by atoms with van der Waals surface area (Å²) in [5.74, 6) is -0.239. The van der Waals surface area contributed by atoms with Crippen molar-refractivity contribution in [3.63, 3.8) is 0 Å². The minimum absolute atomic E-state index is 0.239. The Labute approximate surface area is 162 Å². The second-order valence-electron chi connectivity index (χ2n) is 6.64. The van der Waals surface area contributed by atoms with Crippen LogP contribution in [0.1, 0.15) is 18.9 Å². The number of nitrogens with one attached hydrogen (secondary N) is 3. The van der Waals surface area contributed by atoms with Crippen molar-refractivity contribution in [3.8, 4) is 0 Å². The van der Waals surface area contributed by atoms with Gasteiger partial charge in [0.15, 0.2) is 0 Å². The van der Waals surface area contributed by atoms with E-state index in [4.69, 9.17) is 23.2 Å². The molecule has 3 N–H and O–H groups in total. The molecule has 0 heterocycles. The molecule has 0 unspecified atom stereocenters. The van der Waals surface area contributed by atoms with Crippen molar-refractivity contribution >= 4 is 52.2 Å². The van der Waals surface area contributed by atoms with Gasteiger partial charge in [-0.1, -0.05) is 24.3 Å². The van der Waals surface area contributed by atoms with E-state index in [0.717, 1.165) is 5.56 Å². The van der Waals surface area contributed by atoms with Gasteiger partial charge in [-0.3, -0.25) is 4.79 Å². The molecule has 0 aromatic heterocycles. The molecule has 0 aliphatic heterocycles. The lowest BCUT2D eigenvalue weighted by molar-refractivity contribution is -0.120. The molecule has 0 spiro atoms. The number of carbonyl (C=O) groups excluding carboxylic acids is 2. The average molecular weight is 392 g/mol. The van der Waals surface area contributed by atoms with E-state index < -0.39 is 9.75 Å². The second kappa shape index (κ2) is 6.82. The van der Waals surface area contributed by atoms with E-state index >= 15 is 0 Å². The van der Waals surface area contributed by atoms with Gasteiger partial charge >= 0.3 is 6.03 Å². The highest BCUT2D eigenvalue weighted by atomic mass is 35.5. The third-order valence-corrected chi connectivity index (χ3v) is 5.64. The summed E-state index contributed by atoms with van der Waals surface area (Å²) in [4.78, 5) is 24.6. The van der Waals surface area contributed by atoms with Crippen molar-refractivity contribution in [1.82, 2.24) is 0 Å². The molecule has 136 valence electrons. The first-order chi connectivity index (χ1) is 12.2. The van der Waals surface area contributed by atoms with Crippen molar-refractivity contribution < 1.29 is 9.59 Å². The zero-order chi connectivity index (χ0) is 18.9. The fourth-order valence-electron chi connectivity index (χ4n) is 2.56. The van der Waals surface area contributed by atoms with Crippen molar-refractivity contribution in [2.24, 2.45) is 5.41 Å². The van der Waals surface area contributed by atoms with Gasteiger partial charge < -0.3 is 16.0 Å². The Bertz CT molecular complexity index is 855. The summed E-state index contributed by atoms with van der Waals surface area (Å²) in [5, 5.41) is 8.34. The monoisotopic (exact) mass is 391 g/mol. The number of para-hydroxylation sites is 1. The molecule has 0 bridgehead atoms. The molecule has 26 heavy (non-hydrogen) atoms. The van der Waals surface area contributed by atoms with Crippen LogP contribution < -0.4 is 16.0 Å². The molecular weight excluding hydrogens is 373 g/mol. The van der Waals surface area contributed by atoms with Crippen LogP contribution in [-0.4, -0.2) is 16.3 Å². The molecule has 7 heteroatoms. The minimum atomic E-state index is -1.03. The number of hydrogen-bond acceptors (Lipinski definition) is 2. The Morgan fingerprint density at radius 3 is 2.19 bits per heavy atom. The number of amides is 3. The first kappa shape index (κ1) is 18.5. The highest BCUT2D eigenvalue weighted by molar-refractivity contribution is 6.53. The van der Waals surface area contributed by atoms with Gasteiger partial charge in [-0.05, 0) is 50.1 Å². The average Bonchev–Trinajstić information content (AvgIpc) is 3.11. The molecular formula is C19H19Cl2N3O2. The lowest BCUT2D eigenvalue weighted by Crippen LogP contribution is -2.26. The quantitative estimate of drug-likeness (QED) is 0.629. The van der Waals surface area contributed by atoms with Crippen LogP contribution in [0.5, 0.6) is 0 Å². The van der Waals surface area contributed by atoms with Gasteiger partial charge in [0.05, 0.1) is 5.41 Å². The molecule has 0 saturated heterocycles. The fourth-order valence-corrected chi connectivity index (χ4v) is 3.26. The maximum Gasteiger partial charge on any atom is 0.323 e. The maximum atomic E-state index is 12.5. The summed E-state index contributed by atoms with van der Waals surface area (Å²) in [6, 6.07) is 14.0. The zero-order valence-electron chi connectivity index (χ0n) is 14.4. The van der Waals surface area contributed by atoms with Crippen molar-refractivity contribution in [2.45, 2.75) is 24.6 Å². The first-order valence-electron chi connectivity index (χ1n) is 8.14. The Morgan fingerprint density at radius 1 is 0.962 bits per heavy atom. The number of rotatable bonds is 4. The van der Waals surface area contributed by atoms with E-state index in [0.29, 0.717) is 23.5 Å². The SMILES string of the molecule is Cc1ccc(NC(=O)Nc2ccccc2)cc1NC(=O)[C@]1(C)CC1(Cl)Cl. The molecule has 2 aromatic rings. The van der Waals surface area contributed by atoms with Crippen LogP contribution in [0.2, 0.25) is 0 Å². The van der Waals surface area contributed by atoms with Crippen molar-refractivity contribution in [3.05, 3.63) is 54.1 Å². The van der Waals surface area contributed by atoms with Gasteiger partial charge in [-0.25, -0.2) is 4.79 Å². The molecule has 1 saturated carbocycles. The van der Waals surface area contributed by atoms with E-state index in [-0.39, 0.29) is 11.9 Å². The number of hydrogen-bond donors (Lipinski definition) is 3. The van der Waals surface area contributed by atoms with E-state index in [1.165, 1.54) is 0 Å². The summed E-state index contributed by atoms with van der Waals surface area (Å²) >= 11 is 12.1. The van der Waals surface area contributed by atoms with E-state index in [9.17, 15) is 9.59 Å². The van der Waals surface area contributed by atoms with E-state index in [2.05, 4.69) is 16.0 Å². The number of aryl methyl sites for hydroxylation is 1. The third kappa shape index (κ3) is 3.79. The van der Waals surface area contributed by atoms with Gasteiger partial charge in [0.1, 0.15) is 4.33 Å². The topological polar surface area (TPSA) is 70.2 Å². The van der Waals surface area contributed by atoms with Gasteiger partial charge in [-0.2, -0.15) is 0 Å². The molecule has 3 amide bonds. The standard InChI is InChI=1S/C19H19Cl2N3O2/c1-12-8-9-14(23-17(26)22-13-6-4-3-5-7-13)10-15(12)24-16(25)18(2)11-19(18,20)21/h3-10H,11H2,1-2H3,(H,24,25)(H2,22,23,26)/t18-/m0/s1. The molecule has 1 atom stereocenters. The van der Waals surface area contributed by atoms with E-state index in [1.807, 2.05) is 31.2 Å². The van der Waals surface area contributed by atoms with Gasteiger partial charge in [0.25, 0.3) is 0 Å².